The second-order valence-corrected chi connectivity index (χ2v) is 8.06. The first-order chi connectivity index (χ1) is 12.7. The third-order valence-corrected chi connectivity index (χ3v) is 5.54. The SMILES string of the molecule is COc1cc2c(cc1OCC(F)(F)F)CCN1C[C@H](CC(C)C)[C@@H](O)C[C@@H]21. The number of aliphatic hydroxyl groups is 1. The summed E-state index contributed by atoms with van der Waals surface area (Å²) >= 11 is 0. The van der Waals surface area contributed by atoms with Gasteiger partial charge in [-0.3, -0.25) is 4.90 Å². The number of halogens is 3. The average molecular weight is 387 g/mol. The van der Waals surface area contributed by atoms with Crippen LogP contribution in [0.2, 0.25) is 0 Å². The molecule has 2 heterocycles. The van der Waals surface area contributed by atoms with Crippen LogP contribution in [0.1, 0.15) is 43.9 Å². The topological polar surface area (TPSA) is 41.9 Å². The van der Waals surface area contributed by atoms with Gasteiger partial charge < -0.3 is 14.6 Å². The number of aliphatic hydroxyl groups excluding tert-OH is 1. The van der Waals surface area contributed by atoms with Crippen LogP contribution in [0.3, 0.4) is 0 Å². The van der Waals surface area contributed by atoms with Crippen LogP contribution < -0.4 is 9.47 Å². The molecular weight excluding hydrogens is 359 g/mol. The zero-order valence-corrected chi connectivity index (χ0v) is 16.1. The summed E-state index contributed by atoms with van der Waals surface area (Å²) in [4.78, 5) is 2.39. The maximum Gasteiger partial charge on any atom is 0.422 e. The molecular formula is C20H28F3NO3. The average Bonchev–Trinajstić information content (AvgIpc) is 2.58. The van der Waals surface area contributed by atoms with Gasteiger partial charge in [-0.05, 0) is 54.4 Å². The minimum atomic E-state index is -4.39. The monoisotopic (exact) mass is 387 g/mol. The summed E-state index contributed by atoms with van der Waals surface area (Å²) in [5.74, 6) is 1.22. The molecule has 3 atom stereocenters. The molecule has 2 aliphatic heterocycles. The summed E-state index contributed by atoms with van der Waals surface area (Å²) in [5.41, 5.74) is 2.00. The Bertz CT molecular complexity index is 663. The highest BCUT2D eigenvalue weighted by molar-refractivity contribution is 5.49. The first-order valence-corrected chi connectivity index (χ1v) is 9.50. The largest absolute Gasteiger partial charge is 0.493 e. The molecule has 0 amide bonds. The lowest BCUT2D eigenvalue weighted by Gasteiger charge is -2.46. The third kappa shape index (κ3) is 4.69. The minimum absolute atomic E-state index is 0.0673. The maximum absolute atomic E-state index is 12.5. The fourth-order valence-corrected chi connectivity index (χ4v) is 4.37. The Morgan fingerprint density at radius 2 is 2.00 bits per heavy atom. The normalized spacial score (nSPS) is 25.9. The van der Waals surface area contributed by atoms with E-state index < -0.39 is 12.8 Å². The second-order valence-electron chi connectivity index (χ2n) is 8.06. The standard InChI is InChI=1S/C20H28F3NO3/c1-12(2)6-14-10-24-5-4-13-7-19(27-11-20(21,22)23)18(26-3)8-15(13)16(24)9-17(14)25/h7-8,12,14,16-17,25H,4-6,9-11H2,1-3H3/t14-,16-,17-/m0/s1. The first kappa shape index (κ1) is 20.3. The molecule has 4 nitrogen and oxygen atoms in total. The van der Waals surface area contributed by atoms with Crippen LogP contribution in [-0.2, 0) is 6.42 Å². The number of nitrogens with zero attached hydrogens (tertiary/aromatic N) is 1. The molecule has 27 heavy (non-hydrogen) atoms. The fraction of sp³-hybridized carbons (Fsp3) is 0.700. The Morgan fingerprint density at radius 3 is 2.63 bits per heavy atom. The van der Waals surface area contributed by atoms with E-state index in [9.17, 15) is 18.3 Å². The molecule has 0 aliphatic carbocycles. The number of rotatable bonds is 5. The van der Waals surface area contributed by atoms with Crippen LogP contribution in [0.25, 0.3) is 0 Å². The quantitative estimate of drug-likeness (QED) is 0.830. The van der Waals surface area contributed by atoms with Gasteiger partial charge in [0.15, 0.2) is 18.1 Å². The second kappa shape index (κ2) is 7.87. The Labute approximate surface area is 158 Å². The molecule has 0 bridgehead atoms. The molecule has 0 saturated carbocycles. The summed E-state index contributed by atoms with van der Waals surface area (Å²) in [6.45, 7) is 4.67. The van der Waals surface area contributed by atoms with Crippen LogP contribution in [0, 0.1) is 11.8 Å². The summed E-state index contributed by atoms with van der Waals surface area (Å²) in [6, 6.07) is 3.52. The maximum atomic E-state index is 12.5. The van der Waals surface area contributed by atoms with E-state index >= 15 is 0 Å². The first-order valence-electron chi connectivity index (χ1n) is 9.50. The van der Waals surface area contributed by atoms with Crippen LogP contribution in [0.5, 0.6) is 11.5 Å². The van der Waals surface area contributed by atoms with Crippen LogP contribution >= 0.6 is 0 Å². The fourth-order valence-electron chi connectivity index (χ4n) is 4.37. The van der Waals surface area contributed by atoms with Gasteiger partial charge in [0.2, 0.25) is 0 Å². The number of benzene rings is 1. The number of piperidine rings is 1. The number of fused-ring (bicyclic) bond motifs is 3. The van der Waals surface area contributed by atoms with Crippen molar-refractivity contribution in [3.63, 3.8) is 0 Å². The Kier molecular flexibility index (Phi) is 5.91. The molecule has 1 N–H and O–H groups in total. The summed E-state index contributed by atoms with van der Waals surface area (Å²) in [5, 5.41) is 10.6. The van der Waals surface area contributed by atoms with E-state index in [1.54, 1.807) is 12.1 Å². The molecule has 0 spiro atoms. The van der Waals surface area contributed by atoms with Gasteiger partial charge in [-0.15, -0.1) is 0 Å². The van der Waals surface area contributed by atoms with Gasteiger partial charge in [0.05, 0.1) is 13.2 Å². The van der Waals surface area contributed by atoms with Gasteiger partial charge in [-0.2, -0.15) is 13.2 Å². The molecule has 152 valence electrons. The predicted molar refractivity (Wildman–Crippen MR) is 96.1 cm³/mol. The van der Waals surface area contributed by atoms with Crippen LogP contribution in [0.4, 0.5) is 13.2 Å². The number of ether oxygens (including phenoxy) is 2. The summed E-state index contributed by atoms with van der Waals surface area (Å²) in [6.07, 6.45) is -2.38. The highest BCUT2D eigenvalue weighted by atomic mass is 19.4. The molecule has 3 rings (SSSR count). The third-order valence-electron chi connectivity index (χ3n) is 5.54. The lowest BCUT2D eigenvalue weighted by atomic mass is 9.79. The van der Waals surface area contributed by atoms with E-state index in [4.69, 9.17) is 9.47 Å². The molecule has 0 unspecified atom stereocenters. The molecule has 1 aromatic carbocycles. The molecule has 1 saturated heterocycles. The lowest BCUT2D eigenvalue weighted by Crippen LogP contribution is -2.48. The predicted octanol–water partition coefficient (Wildman–Crippen LogP) is 3.96. The van der Waals surface area contributed by atoms with Crippen molar-refractivity contribution in [3.8, 4) is 11.5 Å². The van der Waals surface area contributed by atoms with E-state index in [0.29, 0.717) is 18.1 Å². The van der Waals surface area contributed by atoms with Gasteiger partial charge in [0, 0.05) is 19.1 Å². The van der Waals surface area contributed by atoms with Crippen molar-refractivity contribution in [2.24, 2.45) is 11.8 Å². The number of methoxy groups -OCH3 is 1. The number of hydrogen-bond acceptors (Lipinski definition) is 4. The van der Waals surface area contributed by atoms with E-state index in [0.717, 1.165) is 37.1 Å². The van der Waals surface area contributed by atoms with Crippen molar-refractivity contribution in [1.29, 1.82) is 0 Å². The van der Waals surface area contributed by atoms with Gasteiger partial charge in [-0.1, -0.05) is 13.8 Å². The van der Waals surface area contributed by atoms with Gasteiger partial charge >= 0.3 is 6.18 Å². The molecule has 1 fully saturated rings. The highest BCUT2D eigenvalue weighted by Crippen LogP contribution is 2.43. The van der Waals surface area contributed by atoms with Crippen molar-refractivity contribution < 1.29 is 27.8 Å². The minimum Gasteiger partial charge on any atom is -0.493 e. The number of alkyl halides is 3. The molecule has 7 heteroatoms. The van der Waals surface area contributed by atoms with Gasteiger partial charge in [0.25, 0.3) is 0 Å². The molecule has 2 aliphatic rings. The van der Waals surface area contributed by atoms with Gasteiger partial charge in [-0.25, -0.2) is 0 Å². The van der Waals surface area contributed by atoms with Crippen molar-refractivity contribution >= 4 is 0 Å². The molecule has 0 radical (unpaired) electrons. The molecule has 0 aromatic heterocycles. The summed E-state index contributed by atoms with van der Waals surface area (Å²) in [7, 11) is 1.43. The van der Waals surface area contributed by atoms with Crippen LogP contribution in [0.15, 0.2) is 12.1 Å². The van der Waals surface area contributed by atoms with Crippen molar-refractivity contribution in [3.05, 3.63) is 23.3 Å². The Morgan fingerprint density at radius 1 is 1.26 bits per heavy atom. The van der Waals surface area contributed by atoms with E-state index in [2.05, 4.69) is 18.7 Å². The van der Waals surface area contributed by atoms with E-state index in [1.165, 1.54) is 7.11 Å². The lowest BCUT2D eigenvalue weighted by molar-refractivity contribution is -0.153. The van der Waals surface area contributed by atoms with Crippen molar-refractivity contribution in [1.82, 2.24) is 4.90 Å². The number of hydrogen-bond donors (Lipinski definition) is 1. The zero-order valence-electron chi connectivity index (χ0n) is 16.1. The Balaban J connectivity index is 1.82. The highest BCUT2D eigenvalue weighted by Gasteiger charge is 2.39. The zero-order chi connectivity index (χ0) is 19.8. The van der Waals surface area contributed by atoms with Gasteiger partial charge in [0.1, 0.15) is 0 Å². The summed E-state index contributed by atoms with van der Waals surface area (Å²) < 4.78 is 47.8. The molecule has 1 aromatic rings. The van der Waals surface area contributed by atoms with E-state index in [-0.39, 0.29) is 23.8 Å². The smallest absolute Gasteiger partial charge is 0.422 e. The Hall–Kier alpha value is -1.47. The van der Waals surface area contributed by atoms with Crippen LogP contribution in [-0.4, -0.2) is 49.1 Å². The van der Waals surface area contributed by atoms with E-state index in [1.807, 2.05) is 0 Å². The van der Waals surface area contributed by atoms with Crippen molar-refractivity contribution in [2.45, 2.75) is 51.4 Å². The van der Waals surface area contributed by atoms with Crippen molar-refractivity contribution in [2.75, 3.05) is 26.8 Å².